The highest BCUT2D eigenvalue weighted by atomic mass is 32.2. The SMILES string of the molecule is CSc1cccc(-c2nc(NC(CO)CO)nc3c2ccc(=O)n3-c2ccc(C(F)(F)F)cc2)c1. The van der Waals surface area contributed by atoms with E-state index in [4.69, 9.17) is 0 Å². The Balaban J connectivity index is 1.99. The number of nitrogens with zero attached hydrogens (tertiary/aromatic N) is 3. The van der Waals surface area contributed by atoms with Crippen molar-refractivity contribution in [2.24, 2.45) is 0 Å². The molecular weight excluding hydrogens is 481 g/mol. The summed E-state index contributed by atoms with van der Waals surface area (Å²) in [6.07, 6.45) is -2.58. The molecule has 0 fully saturated rings. The van der Waals surface area contributed by atoms with Crippen LogP contribution in [0.2, 0.25) is 0 Å². The van der Waals surface area contributed by atoms with Crippen LogP contribution in [0.3, 0.4) is 0 Å². The molecule has 7 nitrogen and oxygen atoms in total. The Morgan fingerprint density at radius 1 is 1.03 bits per heavy atom. The fourth-order valence-corrected chi connectivity index (χ4v) is 4.01. The third kappa shape index (κ3) is 5.16. The normalized spacial score (nSPS) is 11.9. The van der Waals surface area contributed by atoms with Gasteiger partial charge in [0.2, 0.25) is 5.95 Å². The molecule has 11 heteroatoms. The molecule has 4 aromatic rings. The molecule has 2 aromatic heterocycles. The number of rotatable bonds is 7. The smallest absolute Gasteiger partial charge is 0.394 e. The summed E-state index contributed by atoms with van der Waals surface area (Å²) in [5.41, 5.74) is 0.233. The van der Waals surface area contributed by atoms with Crippen molar-refractivity contribution in [2.45, 2.75) is 17.1 Å². The summed E-state index contributed by atoms with van der Waals surface area (Å²) in [6, 6.07) is 13.9. The molecule has 0 aliphatic carbocycles. The molecule has 0 unspecified atom stereocenters. The van der Waals surface area contributed by atoms with Crippen molar-refractivity contribution >= 4 is 28.7 Å². The average Bonchev–Trinajstić information content (AvgIpc) is 2.86. The zero-order valence-corrected chi connectivity index (χ0v) is 19.3. The number of aliphatic hydroxyl groups excluding tert-OH is 2. The lowest BCUT2D eigenvalue weighted by atomic mass is 10.1. The minimum atomic E-state index is -4.51. The number of anilines is 1. The quantitative estimate of drug-likeness (QED) is 0.329. The predicted molar refractivity (Wildman–Crippen MR) is 129 cm³/mol. The summed E-state index contributed by atoms with van der Waals surface area (Å²) >= 11 is 1.54. The predicted octanol–water partition coefficient (Wildman–Crippen LogP) is 3.95. The van der Waals surface area contributed by atoms with Gasteiger partial charge < -0.3 is 15.5 Å². The number of nitrogens with one attached hydrogen (secondary N) is 1. The number of halogens is 3. The van der Waals surface area contributed by atoms with Gasteiger partial charge in [-0.3, -0.25) is 9.36 Å². The van der Waals surface area contributed by atoms with Crippen molar-refractivity contribution in [3.05, 3.63) is 76.6 Å². The van der Waals surface area contributed by atoms with Crippen molar-refractivity contribution in [3.8, 4) is 16.9 Å². The van der Waals surface area contributed by atoms with E-state index in [1.165, 1.54) is 34.5 Å². The Bertz CT molecular complexity index is 1400. The summed E-state index contributed by atoms with van der Waals surface area (Å²) in [4.78, 5) is 22.9. The van der Waals surface area contributed by atoms with E-state index in [1.807, 2.05) is 30.5 Å². The van der Waals surface area contributed by atoms with Gasteiger partial charge in [-0.1, -0.05) is 12.1 Å². The number of hydrogen-bond acceptors (Lipinski definition) is 7. The third-order valence-electron chi connectivity index (χ3n) is 5.32. The van der Waals surface area contributed by atoms with Crippen LogP contribution in [-0.4, -0.2) is 50.3 Å². The Morgan fingerprint density at radius 2 is 1.74 bits per heavy atom. The minimum Gasteiger partial charge on any atom is -0.394 e. The van der Waals surface area contributed by atoms with E-state index in [2.05, 4.69) is 15.3 Å². The number of hydrogen-bond donors (Lipinski definition) is 3. The van der Waals surface area contributed by atoms with E-state index in [-0.39, 0.29) is 17.3 Å². The highest BCUT2D eigenvalue weighted by Gasteiger charge is 2.30. The largest absolute Gasteiger partial charge is 0.416 e. The molecule has 182 valence electrons. The summed E-state index contributed by atoms with van der Waals surface area (Å²) < 4.78 is 40.4. The number of pyridine rings is 1. The molecule has 2 aromatic carbocycles. The van der Waals surface area contributed by atoms with Crippen LogP contribution in [0.25, 0.3) is 28.0 Å². The van der Waals surface area contributed by atoms with Crippen LogP contribution >= 0.6 is 11.8 Å². The van der Waals surface area contributed by atoms with Crippen LogP contribution in [-0.2, 0) is 6.18 Å². The van der Waals surface area contributed by atoms with Crippen LogP contribution in [0.1, 0.15) is 5.56 Å². The van der Waals surface area contributed by atoms with Gasteiger partial charge in [-0.05, 0) is 48.7 Å². The number of fused-ring (bicyclic) bond motifs is 1. The second-order valence-electron chi connectivity index (χ2n) is 7.62. The molecule has 0 aliphatic rings. The molecule has 0 radical (unpaired) electrons. The summed E-state index contributed by atoms with van der Waals surface area (Å²) in [5.74, 6) is 0.0430. The Morgan fingerprint density at radius 3 is 2.37 bits per heavy atom. The summed E-state index contributed by atoms with van der Waals surface area (Å²) in [6.45, 7) is -0.786. The van der Waals surface area contributed by atoms with E-state index < -0.39 is 36.6 Å². The molecule has 0 spiro atoms. The van der Waals surface area contributed by atoms with E-state index in [0.717, 1.165) is 22.6 Å². The number of thioether (sulfide) groups is 1. The van der Waals surface area contributed by atoms with Gasteiger partial charge in [0.15, 0.2) is 5.65 Å². The molecule has 0 saturated carbocycles. The molecule has 35 heavy (non-hydrogen) atoms. The average molecular weight is 503 g/mol. The maximum atomic E-state index is 13.1. The first-order chi connectivity index (χ1) is 16.7. The lowest BCUT2D eigenvalue weighted by Gasteiger charge is -2.17. The lowest BCUT2D eigenvalue weighted by Crippen LogP contribution is -2.29. The van der Waals surface area contributed by atoms with Crippen LogP contribution in [0, 0.1) is 0 Å². The minimum absolute atomic E-state index is 0.0430. The molecule has 0 aliphatic heterocycles. The molecular formula is C24H21F3N4O3S. The lowest BCUT2D eigenvalue weighted by molar-refractivity contribution is -0.137. The van der Waals surface area contributed by atoms with Gasteiger partial charge in [0.25, 0.3) is 5.56 Å². The number of aliphatic hydroxyl groups is 2. The number of benzene rings is 2. The van der Waals surface area contributed by atoms with Gasteiger partial charge >= 0.3 is 6.18 Å². The van der Waals surface area contributed by atoms with Gasteiger partial charge in [0.1, 0.15) is 0 Å². The molecule has 0 amide bonds. The maximum absolute atomic E-state index is 13.1. The molecule has 0 atom stereocenters. The fraction of sp³-hybridized carbons (Fsp3) is 0.208. The van der Waals surface area contributed by atoms with Gasteiger partial charge in [-0.2, -0.15) is 18.2 Å². The van der Waals surface area contributed by atoms with Gasteiger partial charge in [-0.25, -0.2) is 4.98 Å². The highest BCUT2D eigenvalue weighted by Crippen LogP contribution is 2.32. The fourth-order valence-electron chi connectivity index (χ4n) is 3.55. The first-order valence-corrected chi connectivity index (χ1v) is 11.7. The monoisotopic (exact) mass is 502 g/mol. The van der Waals surface area contributed by atoms with Crippen molar-refractivity contribution < 1.29 is 23.4 Å². The van der Waals surface area contributed by atoms with E-state index >= 15 is 0 Å². The first kappa shape index (κ1) is 24.7. The zero-order valence-electron chi connectivity index (χ0n) is 18.5. The summed E-state index contributed by atoms with van der Waals surface area (Å²) in [5, 5.41) is 22.3. The second kappa shape index (κ2) is 10.1. The second-order valence-corrected chi connectivity index (χ2v) is 8.50. The molecule has 0 bridgehead atoms. The Kier molecular flexibility index (Phi) is 7.10. The highest BCUT2D eigenvalue weighted by molar-refractivity contribution is 7.98. The van der Waals surface area contributed by atoms with Crippen molar-refractivity contribution in [2.75, 3.05) is 24.8 Å². The van der Waals surface area contributed by atoms with Crippen LogP contribution in [0.15, 0.2) is 70.4 Å². The first-order valence-electron chi connectivity index (χ1n) is 10.5. The molecule has 4 rings (SSSR count). The molecule has 2 heterocycles. The van der Waals surface area contributed by atoms with Crippen molar-refractivity contribution in [1.29, 1.82) is 0 Å². The van der Waals surface area contributed by atoms with E-state index in [9.17, 15) is 28.2 Å². The standard InChI is InChI=1S/C24H21F3N4O3S/c1-35-18-4-2-3-14(11-18)21-19-9-10-20(34)31(17-7-5-15(6-8-17)24(25,26)27)22(19)30-23(29-21)28-16(12-32)13-33/h2-11,16,32-33H,12-13H2,1H3,(H,28,29,30). The Labute approximate surface area is 202 Å². The molecule has 3 N–H and O–H groups in total. The van der Waals surface area contributed by atoms with Gasteiger partial charge in [0, 0.05) is 21.9 Å². The Hall–Kier alpha value is -3.41. The van der Waals surface area contributed by atoms with Gasteiger partial charge in [0.05, 0.1) is 36.2 Å². The summed E-state index contributed by atoms with van der Waals surface area (Å²) in [7, 11) is 0. The van der Waals surface area contributed by atoms with Crippen LogP contribution in [0.4, 0.5) is 19.1 Å². The van der Waals surface area contributed by atoms with E-state index in [0.29, 0.717) is 11.1 Å². The molecule has 0 saturated heterocycles. The maximum Gasteiger partial charge on any atom is 0.416 e. The number of aromatic nitrogens is 3. The van der Waals surface area contributed by atoms with Gasteiger partial charge in [-0.15, -0.1) is 11.8 Å². The van der Waals surface area contributed by atoms with Crippen LogP contribution < -0.4 is 10.9 Å². The zero-order chi connectivity index (χ0) is 25.2. The van der Waals surface area contributed by atoms with Crippen molar-refractivity contribution in [1.82, 2.24) is 14.5 Å². The number of alkyl halides is 3. The third-order valence-corrected chi connectivity index (χ3v) is 6.05. The van der Waals surface area contributed by atoms with Crippen LogP contribution in [0.5, 0.6) is 0 Å². The van der Waals surface area contributed by atoms with Crippen molar-refractivity contribution in [3.63, 3.8) is 0 Å². The topological polar surface area (TPSA) is 100 Å². The van der Waals surface area contributed by atoms with E-state index in [1.54, 1.807) is 6.07 Å².